The summed E-state index contributed by atoms with van der Waals surface area (Å²) in [5, 5.41) is 8.76. The minimum atomic E-state index is -1.10. The molecule has 0 spiro atoms. The second-order valence-electron chi connectivity index (χ2n) is 2.64. The molecular formula is C9H5NO3. The Balaban J connectivity index is 2.71. The Hall–Kier alpha value is -1.97. The van der Waals surface area contributed by atoms with Gasteiger partial charge >= 0.3 is 5.97 Å². The van der Waals surface area contributed by atoms with Crippen molar-refractivity contribution in [1.82, 2.24) is 0 Å². The number of hydrogen-bond acceptors (Lipinski definition) is 2. The summed E-state index contributed by atoms with van der Waals surface area (Å²) >= 11 is 0. The first kappa shape index (κ1) is 7.67. The molecule has 0 atom stereocenters. The molecule has 0 saturated heterocycles. The molecular weight excluding hydrogens is 170 g/mol. The number of aliphatic imine (C=N–C) groups is 1. The van der Waals surface area contributed by atoms with Gasteiger partial charge < -0.3 is 5.11 Å². The summed E-state index contributed by atoms with van der Waals surface area (Å²) in [6.45, 7) is 0. The van der Waals surface area contributed by atoms with Crippen molar-refractivity contribution in [2.45, 2.75) is 0 Å². The molecule has 0 aromatic heterocycles. The van der Waals surface area contributed by atoms with Crippen molar-refractivity contribution in [2.24, 2.45) is 4.99 Å². The van der Waals surface area contributed by atoms with Gasteiger partial charge in [-0.1, -0.05) is 12.1 Å². The second kappa shape index (κ2) is 2.52. The molecule has 1 aliphatic rings. The largest absolute Gasteiger partial charge is 0.478 e. The molecule has 1 N–H and O–H groups in total. The number of carbonyl (C=O) groups excluding carboxylic acids is 1. The first-order valence-corrected chi connectivity index (χ1v) is 3.65. The van der Waals surface area contributed by atoms with Crippen LogP contribution in [-0.2, 0) is 0 Å². The smallest absolute Gasteiger partial charge is 0.336 e. The highest BCUT2D eigenvalue weighted by Gasteiger charge is 2.22. The van der Waals surface area contributed by atoms with Crippen LogP contribution in [0.4, 0.5) is 0 Å². The van der Waals surface area contributed by atoms with Crippen LogP contribution in [0.25, 0.3) is 0 Å². The predicted octanol–water partition coefficient (Wildman–Crippen LogP) is 0.958. The summed E-state index contributed by atoms with van der Waals surface area (Å²) in [5.41, 5.74) is 0.778. The molecule has 13 heavy (non-hydrogen) atoms. The van der Waals surface area contributed by atoms with Crippen molar-refractivity contribution in [3.8, 4) is 0 Å². The molecule has 4 nitrogen and oxygen atoms in total. The van der Waals surface area contributed by atoms with E-state index in [9.17, 15) is 9.59 Å². The van der Waals surface area contributed by atoms with Crippen LogP contribution < -0.4 is 0 Å². The number of benzene rings is 1. The van der Waals surface area contributed by atoms with Gasteiger partial charge in [0.05, 0.1) is 11.1 Å². The van der Waals surface area contributed by atoms with Gasteiger partial charge in [-0.3, -0.25) is 4.79 Å². The minimum Gasteiger partial charge on any atom is -0.478 e. The molecule has 1 aromatic rings. The summed E-state index contributed by atoms with van der Waals surface area (Å²) < 4.78 is 0. The first-order chi connectivity index (χ1) is 6.20. The maximum Gasteiger partial charge on any atom is 0.336 e. The summed E-state index contributed by atoms with van der Waals surface area (Å²) in [6, 6.07) is 4.65. The van der Waals surface area contributed by atoms with Crippen molar-refractivity contribution < 1.29 is 14.7 Å². The van der Waals surface area contributed by atoms with Gasteiger partial charge in [0.25, 0.3) is 5.91 Å². The highest BCUT2D eigenvalue weighted by Crippen LogP contribution is 2.19. The fourth-order valence-electron chi connectivity index (χ4n) is 1.29. The van der Waals surface area contributed by atoms with Crippen LogP contribution >= 0.6 is 0 Å². The van der Waals surface area contributed by atoms with E-state index >= 15 is 0 Å². The van der Waals surface area contributed by atoms with Gasteiger partial charge in [0.15, 0.2) is 0 Å². The van der Waals surface area contributed by atoms with E-state index in [4.69, 9.17) is 5.11 Å². The molecule has 1 amide bonds. The summed E-state index contributed by atoms with van der Waals surface area (Å²) in [7, 11) is 0. The molecule has 0 aliphatic carbocycles. The summed E-state index contributed by atoms with van der Waals surface area (Å²) in [4.78, 5) is 25.3. The zero-order valence-electron chi connectivity index (χ0n) is 6.52. The molecule has 4 heteroatoms. The third-order valence-corrected chi connectivity index (χ3v) is 1.86. The third-order valence-electron chi connectivity index (χ3n) is 1.86. The normalized spacial score (nSPS) is 13.1. The van der Waals surface area contributed by atoms with Gasteiger partial charge in [0, 0.05) is 11.8 Å². The number of carboxylic acids is 1. The van der Waals surface area contributed by atoms with Crippen LogP contribution in [0.2, 0.25) is 0 Å². The van der Waals surface area contributed by atoms with Gasteiger partial charge in [0.1, 0.15) is 0 Å². The van der Waals surface area contributed by atoms with Gasteiger partial charge in [-0.2, -0.15) is 0 Å². The number of amides is 1. The van der Waals surface area contributed by atoms with Crippen LogP contribution in [0.3, 0.4) is 0 Å². The number of rotatable bonds is 1. The quantitative estimate of drug-likeness (QED) is 0.691. The lowest BCUT2D eigenvalue weighted by molar-refractivity contribution is 0.0692. The molecule has 0 unspecified atom stereocenters. The van der Waals surface area contributed by atoms with Gasteiger partial charge in [-0.25, -0.2) is 9.79 Å². The Morgan fingerprint density at radius 3 is 2.85 bits per heavy atom. The Morgan fingerprint density at radius 2 is 2.15 bits per heavy atom. The number of nitrogens with zero attached hydrogens (tertiary/aromatic N) is 1. The highest BCUT2D eigenvalue weighted by atomic mass is 16.4. The topological polar surface area (TPSA) is 66.7 Å². The van der Waals surface area contributed by atoms with Crippen molar-refractivity contribution in [2.75, 3.05) is 0 Å². The molecule has 0 bridgehead atoms. The van der Waals surface area contributed by atoms with E-state index in [-0.39, 0.29) is 11.1 Å². The predicted molar refractivity (Wildman–Crippen MR) is 45.3 cm³/mol. The summed E-state index contributed by atoms with van der Waals surface area (Å²) in [6.07, 6.45) is 1.38. The highest BCUT2D eigenvalue weighted by molar-refractivity contribution is 6.17. The van der Waals surface area contributed by atoms with E-state index in [0.717, 1.165) is 0 Å². The monoisotopic (exact) mass is 175 g/mol. The molecule has 0 radical (unpaired) electrons. The molecule has 1 aliphatic heterocycles. The molecule has 0 saturated carbocycles. The average Bonchev–Trinajstić information content (AvgIpc) is 2.48. The Morgan fingerprint density at radius 1 is 1.38 bits per heavy atom. The lowest BCUT2D eigenvalue weighted by Gasteiger charge is -1.99. The van der Waals surface area contributed by atoms with Gasteiger partial charge in [0.2, 0.25) is 0 Å². The summed E-state index contributed by atoms with van der Waals surface area (Å²) in [5.74, 6) is -1.58. The number of carbonyl (C=O) groups is 2. The number of hydrogen-bond donors (Lipinski definition) is 1. The third kappa shape index (κ3) is 1.03. The van der Waals surface area contributed by atoms with Crippen LogP contribution in [-0.4, -0.2) is 23.2 Å². The number of aromatic carboxylic acids is 1. The Kier molecular flexibility index (Phi) is 1.48. The van der Waals surface area contributed by atoms with E-state index in [1.54, 1.807) is 12.1 Å². The maximum absolute atomic E-state index is 11.1. The van der Waals surface area contributed by atoms with E-state index in [1.165, 1.54) is 12.3 Å². The van der Waals surface area contributed by atoms with E-state index in [2.05, 4.69) is 4.99 Å². The van der Waals surface area contributed by atoms with Crippen LogP contribution in [0.15, 0.2) is 23.2 Å². The minimum absolute atomic E-state index is 0.0139. The van der Waals surface area contributed by atoms with Crippen LogP contribution in [0.5, 0.6) is 0 Å². The van der Waals surface area contributed by atoms with Crippen LogP contribution in [0, 0.1) is 0 Å². The Bertz CT molecular complexity index is 434. The van der Waals surface area contributed by atoms with E-state index < -0.39 is 11.9 Å². The SMILES string of the molecule is O=C(O)c1cccc2c1C(=O)N=C2. The molecule has 2 rings (SSSR count). The van der Waals surface area contributed by atoms with Gasteiger partial charge in [-0.05, 0) is 6.07 Å². The zero-order chi connectivity index (χ0) is 9.42. The fourth-order valence-corrected chi connectivity index (χ4v) is 1.29. The number of fused-ring (bicyclic) bond motifs is 1. The molecule has 1 aromatic carbocycles. The zero-order valence-corrected chi connectivity index (χ0v) is 6.52. The first-order valence-electron chi connectivity index (χ1n) is 3.65. The lowest BCUT2D eigenvalue weighted by atomic mass is 10.0. The van der Waals surface area contributed by atoms with Crippen molar-refractivity contribution >= 4 is 18.1 Å². The number of carboxylic acid groups (broad SMARTS) is 1. The van der Waals surface area contributed by atoms with Crippen molar-refractivity contribution in [3.63, 3.8) is 0 Å². The average molecular weight is 175 g/mol. The maximum atomic E-state index is 11.1. The molecule has 1 heterocycles. The molecule has 64 valence electrons. The standard InChI is InChI=1S/C9H5NO3/c11-8-7-5(4-10-8)2-1-3-6(7)9(12)13/h1-4H,(H,12,13). The second-order valence-corrected chi connectivity index (χ2v) is 2.64. The van der Waals surface area contributed by atoms with Crippen LogP contribution in [0.1, 0.15) is 26.3 Å². The van der Waals surface area contributed by atoms with Crippen molar-refractivity contribution in [3.05, 3.63) is 34.9 Å². The van der Waals surface area contributed by atoms with E-state index in [0.29, 0.717) is 5.56 Å². The molecule has 0 fully saturated rings. The van der Waals surface area contributed by atoms with E-state index in [1.807, 2.05) is 0 Å². The van der Waals surface area contributed by atoms with Crippen molar-refractivity contribution in [1.29, 1.82) is 0 Å². The Labute approximate surface area is 73.5 Å². The lowest BCUT2D eigenvalue weighted by Crippen LogP contribution is -2.05. The van der Waals surface area contributed by atoms with Gasteiger partial charge in [-0.15, -0.1) is 0 Å². The fraction of sp³-hybridized carbons (Fsp3) is 0.